The Hall–Kier alpha value is -0.170. The highest BCUT2D eigenvalue weighted by Crippen LogP contribution is 2.32. The number of hydrogen-bond donors (Lipinski definition) is 0. The predicted octanol–water partition coefficient (Wildman–Crippen LogP) is 1.77. The van der Waals surface area contributed by atoms with Gasteiger partial charge >= 0.3 is 0 Å². The van der Waals surface area contributed by atoms with E-state index in [1.807, 2.05) is 22.6 Å². The van der Waals surface area contributed by atoms with E-state index in [2.05, 4.69) is 17.1 Å². The molecule has 0 spiro atoms. The summed E-state index contributed by atoms with van der Waals surface area (Å²) in [6, 6.07) is 0. The van der Waals surface area contributed by atoms with E-state index < -0.39 is 0 Å². The summed E-state index contributed by atoms with van der Waals surface area (Å²) in [5.74, 6) is 1.10. The maximum absolute atomic E-state index is 5.46. The fourth-order valence-corrected chi connectivity index (χ4v) is 1.68. The Balaban J connectivity index is 2.19. The zero-order valence-corrected chi connectivity index (χ0v) is 8.82. The Labute approximate surface area is 83.8 Å². The van der Waals surface area contributed by atoms with Crippen molar-refractivity contribution in [3.63, 3.8) is 0 Å². The van der Waals surface area contributed by atoms with Crippen molar-refractivity contribution in [2.24, 2.45) is 5.92 Å². The fourth-order valence-electron chi connectivity index (χ4n) is 1.34. The molecular weight excluding hydrogens is 271 g/mol. The minimum atomic E-state index is 0.0148. The van der Waals surface area contributed by atoms with Crippen molar-refractivity contribution in [2.45, 2.75) is 19.4 Å². The summed E-state index contributed by atoms with van der Waals surface area (Å²) in [7, 11) is 0. The highest BCUT2D eigenvalue weighted by Gasteiger charge is 2.30. The molecule has 0 radical (unpaired) electrons. The molecule has 12 heavy (non-hydrogen) atoms. The van der Waals surface area contributed by atoms with E-state index in [4.69, 9.17) is 9.26 Å². The highest BCUT2D eigenvalue weighted by molar-refractivity contribution is 14.1. The molecule has 5 heteroatoms. The molecule has 1 aliphatic rings. The molecule has 4 nitrogen and oxygen atoms in total. The maximum atomic E-state index is 5.46. The number of ether oxygens (including phenoxy) is 1. The number of hydrogen-bond acceptors (Lipinski definition) is 4. The summed E-state index contributed by atoms with van der Waals surface area (Å²) < 4.78 is 11.1. The Morgan fingerprint density at radius 3 is 2.92 bits per heavy atom. The molecule has 1 aromatic heterocycles. The molecular formula is C7H9IN2O2. The van der Waals surface area contributed by atoms with Crippen LogP contribution in [0.3, 0.4) is 0 Å². The first-order valence-electron chi connectivity index (χ1n) is 3.88. The van der Waals surface area contributed by atoms with E-state index >= 15 is 0 Å². The van der Waals surface area contributed by atoms with Gasteiger partial charge in [0.1, 0.15) is 6.10 Å². The van der Waals surface area contributed by atoms with Crippen molar-refractivity contribution < 1.29 is 9.26 Å². The third kappa shape index (κ3) is 1.47. The lowest BCUT2D eigenvalue weighted by Gasteiger charge is -2.07. The Morgan fingerprint density at radius 2 is 2.42 bits per heavy atom. The van der Waals surface area contributed by atoms with Crippen LogP contribution in [0.15, 0.2) is 4.52 Å². The van der Waals surface area contributed by atoms with E-state index in [1.165, 1.54) is 0 Å². The van der Waals surface area contributed by atoms with Crippen LogP contribution in [0.5, 0.6) is 0 Å². The molecule has 66 valence electrons. The molecule has 0 aromatic carbocycles. The lowest BCUT2D eigenvalue weighted by atomic mass is 10.0. The lowest BCUT2D eigenvalue weighted by molar-refractivity contribution is 0.0661. The van der Waals surface area contributed by atoms with Gasteiger partial charge in [-0.15, -0.1) is 0 Å². The summed E-state index contributed by atoms with van der Waals surface area (Å²) in [6.07, 6.45) is 1.09. The van der Waals surface area contributed by atoms with Crippen LogP contribution in [-0.4, -0.2) is 16.7 Å². The molecule has 0 aliphatic carbocycles. The van der Waals surface area contributed by atoms with Crippen LogP contribution in [0.4, 0.5) is 0 Å². The molecule has 2 unspecified atom stereocenters. The van der Waals surface area contributed by atoms with Gasteiger partial charge in [0, 0.05) is 29.2 Å². The van der Waals surface area contributed by atoms with E-state index in [9.17, 15) is 0 Å². The normalized spacial score (nSPS) is 29.5. The molecule has 2 atom stereocenters. The molecule has 1 fully saturated rings. The van der Waals surface area contributed by atoms with Crippen molar-refractivity contribution in [3.8, 4) is 0 Å². The van der Waals surface area contributed by atoms with Gasteiger partial charge in [-0.2, -0.15) is 4.98 Å². The average Bonchev–Trinajstić information content (AvgIpc) is 2.58. The quantitative estimate of drug-likeness (QED) is 0.736. The van der Waals surface area contributed by atoms with Gasteiger partial charge in [0.25, 0.3) is 5.89 Å². The fraction of sp³-hybridized carbons (Fsp3) is 0.714. The van der Waals surface area contributed by atoms with Gasteiger partial charge in [0.2, 0.25) is 3.83 Å². The maximum Gasteiger partial charge on any atom is 0.256 e. The van der Waals surface area contributed by atoms with Crippen LogP contribution in [0.2, 0.25) is 0 Å². The number of rotatable bonds is 1. The molecule has 1 aromatic rings. The lowest BCUT2D eigenvalue weighted by Crippen LogP contribution is -2.03. The molecule has 1 aliphatic heterocycles. The standard InChI is InChI=1S/C7H9IN2O2/c1-4-2-3-11-5(4)6-9-7(8)10-12-6/h4-5H,2-3H2,1H3. The van der Waals surface area contributed by atoms with Gasteiger partial charge < -0.3 is 9.26 Å². The summed E-state index contributed by atoms with van der Waals surface area (Å²) in [5.41, 5.74) is 0. The minimum absolute atomic E-state index is 0.0148. The van der Waals surface area contributed by atoms with Gasteiger partial charge in [-0.25, -0.2) is 0 Å². The first-order chi connectivity index (χ1) is 5.77. The Bertz CT molecular complexity index is 276. The first kappa shape index (κ1) is 8.43. The summed E-state index contributed by atoms with van der Waals surface area (Å²) in [4.78, 5) is 4.13. The van der Waals surface area contributed by atoms with Gasteiger partial charge in [0.05, 0.1) is 0 Å². The second-order valence-electron chi connectivity index (χ2n) is 2.96. The number of halogens is 1. The molecule has 0 bridgehead atoms. The summed E-state index contributed by atoms with van der Waals surface area (Å²) >= 11 is 2.02. The molecule has 2 heterocycles. The molecule has 0 amide bonds. The smallest absolute Gasteiger partial charge is 0.256 e. The van der Waals surface area contributed by atoms with Gasteiger partial charge in [-0.05, 0) is 12.3 Å². The van der Waals surface area contributed by atoms with Crippen LogP contribution in [0.1, 0.15) is 25.3 Å². The van der Waals surface area contributed by atoms with Crippen LogP contribution in [-0.2, 0) is 4.74 Å². The van der Waals surface area contributed by atoms with Crippen LogP contribution < -0.4 is 0 Å². The van der Waals surface area contributed by atoms with Crippen LogP contribution in [0, 0.1) is 9.75 Å². The first-order valence-corrected chi connectivity index (χ1v) is 4.96. The van der Waals surface area contributed by atoms with Gasteiger partial charge in [-0.1, -0.05) is 12.1 Å². The third-order valence-electron chi connectivity index (χ3n) is 2.05. The van der Waals surface area contributed by atoms with E-state index in [-0.39, 0.29) is 6.10 Å². The van der Waals surface area contributed by atoms with Crippen molar-refractivity contribution in [3.05, 3.63) is 9.72 Å². The SMILES string of the molecule is CC1CCOC1c1nc(I)no1. The van der Waals surface area contributed by atoms with E-state index in [0.29, 0.717) is 15.6 Å². The summed E-state index contributed by atoms with van der Waals surface area (Å²) in [5, 5.41) is 3.72. The minimum Gasteiger partial charge on any atom is -0.368 e. The van der Waals surface area contributed by atoms with Gasteiger partial charge in [-0.3, -0.25) is 0 Å². The van der Waals surface area contributed by atoms with Crippen molar-refractivity contribution in [1.82, 2.24) is 10.1 Å². The number of aromatic nitrogens is 2. The average molecular weight is 280 g/mol. The van der Waals surface area contributed by atoms with Crippen molar-refractivity contribution >= 4 is 22.6 Å². The second kappa shape index (κ2) is 3.29. The molecule has 0 N–H and O–H groups in total. The predicted molar refractivity (Wildman–Crippen MR) is 49.5 cm³/mol. The van der Waals surface area contributed by atoms with Crippen LogP contribution in [0.25, 0.3) is 0 Å². The summed E-state index contributed by atoms with van der Waals surface area (Å²) in [6.45, 7) is 2.93. The zero-order chi connectivity index (χ0) is 8.55. The largest absolute Gasteiger partial charge is 0.368 e. The second-order valence-corrected chi connectivity index (χ2v) is 3.92. The van der Waals surface area contributed by atoms with Crippen molar-refractivity contribution in [2.75, 3.05) is 6.61 Å². The van der Waals surface area contributed by atoms with Crippen molar-refractivity contribution in [1.29, 1.82) is 0 Å². The van der Waals surface area contributed by atoms with Gasteiger partial charge in [0.15, 0.2) is 0 Å². The highest BCUT2D eigenvalue weighted by atomic mass is 127. The van der Waals surface area contributed by atoms with E-state index in [0.717, 1.165) is 13.0 Å². The third-order valence-corrected chi connectivity index (χ3v) is 2.49. The Morgan fingerprint density at radius 1 is 1.58 bits per heavy atom. The molecule has 2 rings (SSSR count). The monoisotopic (exact) mass is 280 g/mol. The topological polar surface area (TPSA) is 48.2 Å². The zero-order valence-electron chi connectivity index (χ0n) is 6.66. The number of nitrogens with zero attached hydrogens (tertiary/aromatic N) is 2. The van der Waals surface area contributed by atoms with E-state index in [1.54, 1.807) is 0 Å². The molecule has 0 saturated carbocycles. The Kier molecular flexibility index (Phi) is 2.31. The van der Waals surface area contributed by atoms with Crippen LogP contribution >= 0.6 is 22.6 Å². The molecule has 1 saturated heterocycles.